The summed E-state index contributed by atoms with van der Waals surface area (Å²) in [5.74, 6) is 0. The van der Waals surface area contributed by atoms with Gasteiger partial charge in [-0.2, -0.15) is 0 Å². The molecule has 15 heavy (non-hydrogen) atoms. The van der Waals surface area contributed by atoms with Crippen molar-refractivity contribution in [3.8, 4) is 0 Å². The van der Waals surface area contributed by atoms with Crippen LogP contribution in [0.4, 0.5) is 4.79 Å². The number of urea groups is 1. The van der Waals surface area contributed by atoms with Crippen molar-refractivity contribution >= 4 is 6.03 Å². The zero-order chi connectivity index (χ0) is 11.5. The van der Waals surface area contributed by atoms with Gasteiger partial charge in [0, 0.05) is 19.2 Å². The number of aliphatic hydroxyl groups is 1. The largest absolute Gasteiger partial charge is 0.396 e. The fourth-order valence-electron chi connectivity index (χ4n) is 1.33. The van der Waals surface area contributed by atoms with Gasteiger partial charge in [-0.25, -0.2) is 4.79 Å². The molecule has 4 nitrogen and oxygen atoms in total. The molecule has 1 unspecified atom stereocenters. The molecule has 1 atom stereocenters. The number of hydrogen-bond donors (Lipinski definition) is 3. The second kappa shape index (κ2) is 9.77. The predicted octanol–water partition coefficient (Wildman–Crippen LogP) is 1.64. The van der Waals surface area contributed by atoms with Crippen LogP contribution in [0.25, 0.3) is 0 Å². The molecule has 0 radical (unpaired) electrons. The summed E-state index contributed by atoms with van der Waals surface area (Å²) in [5.41, 5.74) is 0. The molecule has 0 heterocycles. The average Bonchev–Trinajstić information content (AvgIpc) is 2.18. The van der Waals surface area contributed by atoms with Crippen LogP contribution in [0, 0.1) is 0 Å². The summed E-state index contributed by atoms with van der Waals surface area (Å²) in [4.78, 5) is 11.3. The lowest BCUT2D eigenvalue weighted by Gasteiger charge is -2.14. The van der Waals surface area contributed by atoms with Gasteiger partial charge in [-0.1, -0.05) is 26.2 Å². The highest BCUT2D eigenvalue weighted by atomic mass is 16.3. The third kappa shape index (κ3) is 9.53. The summed E-state index contributed by atoms with van der Waals surface area (Å²) in [7, 11) is 0. The fourth-order valence-corrected chi connectivity index (χ4v) is 1.33. The molecule has 0 aromatic rings. The number of carbonyl (C=O) groups excluding carboxylic acids is 1. The Morgan fingerprint density at radius 1 is 1.33 bits per heavy atom. The number of unbranched alkanes of at least 4 members (excludes halogenated alkanes) is 2. The zero-order valence-corrected chi connectivity index (χ0v) is 9.88. The van der Waals surface area contributed by atoms with E-state index < -0.39 is 0 Å². The van der Waals surface area contributed by atoms with Crippen LogP contribution < -0.4 is 10.6 Å². The second-order valence-electron chi connectivity index (χ2n) is 3.87. The first-order chi connectivity index (χ1) is 7.20. The minimum Gasteiger partial charge on any atom is -0.396 e. The molecule has 4 heteroatoms. The molecular weight excluding hydrogens is 192 g/mol. The molecule has 2 amide bonds. The molecule has 0 fully saturated rings. The monoisotopic (exact) mass is 216 g/mol. The lowest BCUT2D eigenvalue weighted by molar-refractivity contribution is 0.234. The first kappa shape index (κ1) is 14.2. The first-order valence-electron chi connectivity index (χ1n) is 5.86. The summed E-state index contributed by atoms with van der Waals surface area (Å²) in [6.07, 6.45) is 5.22. The maximum Gasteiger partial charge on any atom is 0.314 e. The molecule has 3 N–H and O–H groups in total. The van der Waals surface area contributed by atoms with Crippen LogP contribution in [-0.2, 0) is 0 Å². The maximum atomic E-state index is 11.3. The van der Waals surface area contributed by atoms with Crippen LogP contribution in [0.3, 0.4) is 0 Å². The Labute approximate surface area is 92.4 Å². The van der Waals surface area contributed by atoms with Gasteiger partial charge in [0.25, 0.3) is 0 Å². The van der Waals surface area contributed by atoms with Crippen molar-refractivity contribution in [2.75, 3.05) is 13.2 Å². The van der Waals surface area contributed by atoms with Crippen molar-refractivity contribution in [2.45, 2.75) is 52.0 Å². The Morgan fingerprint density at radius 2 is 2.07 bits per heavy atom. The summed E-state index contributed by atoms with van der Waals surface area (Å²) < 4.78 is 0. The minimum atomic E-state index is -0.132. The number of hydrogen-bond acceptors (Lipinski definition) is 2. The molecule has 0 aromatic carbocycles. The van der Waals surface area contributed by atoms with Gasteiger partial charge in [-0.05, 0) is 19.8 Å². The Morgan fingerprint density at radius 3 is 2.67 bits per heavy atom. The lowest BCUT2D eigenvalue weighted by Crippen LogP contribution is -2.41. The van der Waals surface area contributed by atoms with Gasteiger partial charge >= 0.3 is 6.03 Å². The Bertz CT molecular complexity index is 163. The van der Waals surface area contributed by atoms with E-state index in [4.69, 9.17) is 5.11 Å². The van der Waals surface area contributed by atoms with E-state index in [0.29, 0.717) is 13.0 Å². The van der Waals surface area contributed by atoms with Gasteiger partial charge in [-0.15, -0.1) is 0 Å². The number of rotatable bonds is 8. The van der Waals surface area contributed by atoms with E-state index in [1.807, 2.05) is 6.92 Å². The summed E-state index contributed by atoms with van der Waals surface area (Å²) in [6, 6.07) is 0.0955. The van der Waals surface area contributed by atoms with E-state index in [1.54, 1.807) is 0 Å². The Kier molecular flexibility index (Phi) is 9.27. The zero-order valence-electron chi connectivity index (χ0n) is 9.88. The fraction of sp³-hybridized carbons (Fsp3) is 0.909. The predicted molar refractivity (Wildman–Crippen MR) is 61.8 cm³/mol. The van der Waals surface area contributed by atoms with Crippen molar-refractivity contribution in [3.63, 3.8) is 0 Å². The summed E-state index contributed by atoms with van der Waals surface area (Å²) in [6.45, 7) is 4.83. The van der Waals surface area contributed by atoms with Gasteiger partial charge < -0.3 is 15.7 Å². The highest BCUT2D eigenvalue weighted by Crippen LogP contribution is 2.02. The molecule has 0 rings (SSSR count). The molecule has 0 aliphatic carbocycles. The Hall–Kier alpha value is -0.770. The van der Waals surface area contributed by atoms with Crippen LogP contribution in [0.5, 0.6) is 0 Å². The van der Waals surface area contributed by atoms with E-state index in [2.05, 4.69) is 17.6 Å². The molecule has 0 saturated heterocycles. The molecule has 0 aromatic heterocycles. The molecule has 0 saturated carbocycles. The van der Waals surface area contributed by atoms with Gasteiger partial charge in [0.15, 0.2) is 0 Å². The van der Waals surface area contributed by atoms with E-state index in [9.17, 15) is 4.79 Å². The normalized spacial score (nSPS) is 12.2. The van der Waals surface area contributed by atoms with E-state index >= 15 is 0 Å². The van der Waals surface area contributed by atoms with Crippen LogP contribution >= 0.6 is 0 Å². The van der Waals surface area contributed by atoms with E-state index in [0.717, 1.165) is 12.8 Å². The number of carbonyl (C=O) groups is 1. The molecule has 0 aliphatic heterocycles. The van der Waals surface area contributed by atoms with Crippen LogP contribution in [-0.4, -0.2) is 30.3 Å². The average molecular weight is 216 g/mol. The standard InChI is InChI=1S/C11H24N2O2/c1-3-4-5-7-10(2)13-11(15)12-8-6-9-14/h10,14H,3-9H2,1-2H3,(H2,12,13,15). The number of amides is 2. The molecule has 0 spiro atoms. The van der Waals surface area contributed by atoms with Gasteiger partial charge in [0.05, 0.1) is 0 Å². The highest BCUT2D eigenvalue weighted by Gasteiger charge is 2.05. The Balaban J connectivity index is 3.40. The minimum absolute atomic E-state index is 0.117. The topological polar surface area (TPSA) is 61.4 Å². The molecule has 0 aliphatic rings. The van der Waals surface area contributed by atoms with Crippen molar-refractivity contribution in [2.24, 2.45) is 0 Å². The van der Waals surface area contributed by atoms with Gasteiger partial charge in [0.2, 0.25) is 0 Å². The SMILES string of the molecule is CCCCCC(C)NC(=O)NCCCO. The van der Waals surface area contributed by atoms with Crippen LogP contribution in [0.15, 0.2) is 0 Å². The van der Waals surface area contributed by atoms with E-state index in [-0.39, 0.29) is 18.7 Å². The number of aliphatic hydroxyl groups excluding tert-OH is 1. The van der Waals surface area contributed by atoms with Crippen molar-refractivity contribution in [1.29, 1.82) is 0 Å². The third-order valence-electron chi connectivity index (χ3n) is 2.24. The van der Waals surface area contributed by atoms with Gasteiger partial charge in [-0.3, -0.25) is 0 Å². The molecular formula is C11H24N2O2. The maximum absolute atomic E-state index is 11.3. The van der Waals surface area contributed by atoms with Crippen LogP contribution in [0.2, 0.25) is 0 Å². The van der Waals surface area contributed by atoms with Crippen molar-refractivity contribution in [3.05, 3.63) is 0 Å². The lowest BCUT2D eigenvalue weighted by atomic mass is 10.1. The quantitative estimate of drug-likeness (QED) is 0.540. The molecule has 0 bridgehead atoms. The first-order valence-corrected chi connectivity index (χ1v) is 5.86. The number of nitrogens with one attached hydrogen (secondary N) is 2. The summed E-state index contributed by atoms with van der Waals surface area (Å²) in [5, 5.41) is 14.1. The second-order valence-corrected chi connectivity index (χ2v) is 3.87. The van der Waals surface area contributed by atoms with Gasteiger partial charge in [0.1, 0.15) is 0 Å². The van der Waals surface area contributed by atoms with Crippen molar-refractivity contribution in [1.82, 2.24) is 10.6 Å². The van der Waals surface area contributed by atoms with E-state index in [1.165, 1.54) is 12.8 Å². The van der Waals surface area contributed by atoms with Crippen LogP contribution in [0.1, 0.15) is 46.0 Å². The third-order valence-corrected chi connectivity index (χ3v) is 2.24. The summed E-state index contributed by atoms with van der Waals surface area (Å²) >= 11 is 0. The highest BCUT2D eigenvalue weighted by molar-refractivity contribution is 5.74. The smallest absolute Gasteiger partial charge is 0.314 e. The van der Waals surface area contributed by atoms with Crippen molar-refractivity contribution < 1.29 is 9.90 Å². The molecule has 90 valence electrons.